The summed E-state index contributed by atoms with van der Waals surface area (Å²) in [6, 6.07) is 9.57. The van der Waals surface area contributed by atoms with Crippen LogP contribution in [0.4, 0.5) is 5.82 Å². The molecule has 2 rings (SSSR count). The van der Waals surface area contributed by atoms with Gasteiger partial charge in [-0.25, -0.2) is 4.98 Å². The van der Waals surface area contributed by atoms with Crippen LogP contribution in [0.15, 0.2) is 41.0 Å². The van der Waals surface area contributed by atoms with E-state index in [1.807, 2.05) is 44.3 Å². The number of anilines is 1. The topological polar surface area (TPSA) is 54.0 Å². The summed E-state index contributed by atoms with van der Waals surface area (Å²) in [4.78, 5) is 16.7. The molecule has 0 aliphatic heterocycles. The molecule has 1 heterocycles. The van der Waals surface area contributed by atoms with E-state index in [0.717, 1.165) is 28.6 Å². The molecule has 0 aliphatic rings. The van der Waals surface area contributed by atoms with Gasteiger partial charge in [-0.05, 0) is 66.1 Å². The summed E-state index contributed by atoms with van der Waals surface area (Å²) < 4.78 is 0.896. The van der Waals surface area contributed by atoms with E-state index in [0.29, 0.717) is 11.4 Å². The molecule has 5 heteroatoms. The normalized spacial score (nSPS) is 10.4. The van der Waals surface area contributed by atoms with Gasteiger partial charge in [-0.2, -0.15) is 0 Å². The first-order chi connectivity index (χ1) is 10.1. The van der Waals surface area contributed by atoms with E-state index < -0.39 is 0 Å². The Balaban J connectivity index is 2.20. The molecule has 21 heavy (non-hydrogen) atoms. The largest absolute Gasteiger partial charge is 0.319 e. The van der Waals surface area contributed by atoms with Gasteiger partial charge in [-0.3, -0.25) is 4.79 Å². The average molecular weight is 348 g/mol. The highest BCUT2D eigenvalue weighted by molar-refractivity contribution is 9.10. The first kappa shape index (κ1) is 15.7. The molecule has 0 aliphatic carbocycles. The van der Waals surface area contributed by atoms with E-state index in [9.17, 15) is 4.79 Å². The van der Waals surface area contributed by atoms with Crippen molar-refractivity contribution in [2.75, 3.05) is 18.9 Å². The number of halogens is 1. The van der Waals surface area contributed by atoms with E-state index in [4.69, 9.17) is 0 Å². The third-order valence-electron chi connectivity index (χ3n) is 3.18. The van der Waals surface area contributed by atoms with Crippen LogP contribution in [0.1, 0.15) is 21.5 Å². The minimum atomic E-state index is -0.125. The van der Waals surface area contributed by atoms with Gasteiger partial charge in [0.2, 0.25) is 0 Å². The Hall–Kier alpha value is -1.72. The highest BCUT2D eigenvalue weighted by Crippen LogP contribution is 2.18. The number of aromatic nitrogens is 1. The number of benzene rings is 1. The second kappa shape index (κ2) is 7.33. The number of aryl methyl sites for hydroxylation is 1. The van der Waals surface area contributed by atoms with Crippen molar-refractivity contribution in [2.45, 2.75) is 13.3 Å². The lowest BCUT2D eigenvalue weighted by Crippen LogP contribution is -2.18. The first-order valence-electron chi connectivity index (χ1n) is 6.78. The van der Waals surface area contributed by atoms with Gasteiger partial charge in [0.05, 0.1) is 0 Å². The Morgan fingerprint density at radius 2 is 2.10 bits per heavy atom. The fourth-order valence-corrected chi connectivity index (χ4v) is 2.51. The van der Waals surface area contributed by atoms with E-state index in [2.05, 4.69) is 31.5 Å². The monoisotopic (exact) mass is 347 g/mol. The van der Waals surface area contributed by atoms with E-state index in [1.165, 1.54) is 0 Å². The van der Waals surface area contributed by atoms with E-state index in [1.54, 1.807) is 6.20 Å². The average Bonchev–Trinajstić information content (AvgIpc) is 2.48. The Bertz CT molecular complexity index is 643. The lowest BCUT2D eigenvalue weighted by Gasteiger charge is -2.11. The summed E-state index contributed by atoms with van der Waals surface area (Å²) in [5.74, 6) is 0.464. The van der Waals surface area contributed by atoms with Gasteiger partial charge < -0.3 is 10.6 Å². The smallest absolute Gasteiger partial charge is 0.257 e. The van der Waals surface area contributed by atoms with Crippen LogP contribution < -0.4 is 10.6 Å². The third kappa shape index (κ3) is 4.12. The van der Waals surface area contributed by atoms with Crippen LogP contribution in [0.25, 0.3) is 0 Å². The van der Waals surface area contributed by atoms with Crippen molar-refractivity contribution in [3.05, 3.63) is 57.7 Å². The molecule has 0 bridgehead atoms. The standard InChI is InChI=1S/C16H18BrN3O/c1-11-9-13(17)10-19-15(11)20-16(21)14-6-4-3-5-12(14)7-8-18-2/h3-6,9-10,18H,7-8H2,1-2H3,(H,19,20,21). The molecule has 0 atom stereocenters. The Morgan fingerprint density at radius 3 is 2.81 bits per heavy atom. The number of nitrogens with one attached hydrogen (secondary N) is 2. The summed E-state index contributed by atoms with van der Waals surface area (Å²) in [6.45, 7) is 2.75. The van der Waals surface area contributed by atoms with Crippen LogP contribution in [0.3, 0.4) is 0 Å². The van der Waals surface area contributed by atoms with Crippen molar-refractivity contribution >= 4 is 27.7 Å². The number of rotatable bonds is 5. The fraction of sp³-hybridized carbons (Fsp3) is 0.250. The molecule has 0 saturated carbocycles. The third-order valence-corrected chi connectivity index (χ3v) is 3.62. The van der Waals surface area contributed by atoms with Crippen LogP contribution in [-0.4, -0.2) is 24.5 Å². The quantitative estimate of drug-likeness (QED) is 0.873. The maximum absolute atomic E-state index is 12.5. The zero-order valence-electron chi connectivity index (χ0n) is 12.1. The van der Waals surface area contributed by atoms with Crippen LogP contribution in [0.5, 0.6) is 0 Å². The fourth-order valence-electron chi connectivity index (χ4n) is 2.07. The van der Waals surface area contributed by atoms with Crippen LogP contribution in [0, 0.1) is 6.92 Å². The summed E-state index contributed by atoms with van der Waals surface area (Å²) >= 11 is 3.37. The molecule has 4 nitrogen and oxygen atoms in total. The van der Waals surface area contributed by atoms with Gasteiger partial charge >= 0.3 is 0 Å². The number of nitrogens with zero attached hydrogens (tertiary/aromatic N) is 1. The minimum Gasteiger partial charge on any atom is -0.319 e. The van der Waals surface area contributed by atoms with E-state index >= 15 is 0 Å². The maximum atomic E-state index is 12.5. The second-order valence-corrected chi connectivity index (χ2v) is 5.70. The molecule has 2 aromatic rings. The van der Waals surface area contributed by atoms with Crippen molar-refractivity contribution in [3.63, 3.8) is 0 Å². The summed E-state index contributed by atoms with van der Waals surface area (Å²) in [5, 5.41) is 5.98. The number of hydrogen-bond acceptors (Lipinski definition) is 3. The predicted octanol–water partition coefficient (Wildman–Crippen LogP) is 3.17. The number of likely N-dealkylation sites (N-methyl/N-ethyl adjacent to an activating group) is 1. The van der Waals surface area contributed by atoms with Crippen LogP contribution in [-0.2, 0) is 6.42 Å². The van der Waals surface area contributed by atoms with Gasteiger partial charge in [0.1, 0.15) is 5.82 Å². The highest BCUT2D eigenvalue weighted by atomic mass is 79.9. The molecule has 0 unspecified atom stereocenters. The molecular formula is C16H18BrN3O. The SMILES string of the molecule is CNCCc1ccccc1C(=O)Nc1ncc(Br)cc1C. The molecular weight excluding hydrogens is 330 g/mol. The molecule has 1 aromatic heterocycles. The maximum Gasteiger partial charge on any atom is 0.257 e. The number of carbonyl (C=O) groups is 1. The van der Waals surface area contributed by atoms with Crippen molar-refractivity contribution in [2.24, 2.45) is 0 Å². The van der Waals surface area contributed by atoms with Crippen LogP contribution >= 0.6 is 15.9 Å². The number of hydrogen-bond donors (Lipinski definition) is 2. The van der Waals surface area contributed by atoms with Crippen molar-refractivity contribution in [3.8, 4) is 0 Å². The zero-order chi connectivity index (χ0) is 15.2. The van der Waals surface area contributed by atoms with Gasteiger partial charge in [0.25, 0.3) is 5.91 Å². The zero-order valence-corrected chi connectivity index (χ0v) is 13.7. The number of pyridine rings is 1. The van der Waals surface area contributed by atoms with E-state index in [-0.39, 0.29) is 5.91 Å². The van der Waals surface area contributed by atoms with Crippen LogP contribution in [0.2, 0.25) is 0 Å². The minimum absolute atomic E-state index is 0.125. The molecule has 1 amide bonds. The molecule has 0 radical (unpaired) electrons. The van der Waals surface area contributed by atoms with Gasteiger partial charge in [0, 0.05) is 16.2 Å². The van der Waals surface area contributed by atoms with Crippen molar-refractivity contribution < 1.29 is 4.79 Å². The second-order valence-electron chi connectivity index (χ2n) is 4.78. The Kier molecular flexibility index (Phi) is 5.47. The summed E-state index contributed by atoms with van der Waals surface area (Å²) in [6.07, 6.45) is 2.49. The van der Waals surface area contributed by atoms with Gasteiger partial charge in [-0.15, -0.1) is 0 Å². The lowest BCUT2D eigenvalue weighted by atomic mass is 10.0. The Morgan fingerprint density at radius 1 is 1.33 bits per heavy atom. The van der Waals surface area contributed by atoms with Crippen molar-refractivity contribution in [1.82, 2.24) is 10.3 Å². The molecule has 0 spiro atoms. The molecule has 2 N–H and O–H groups in total. The first-order valence-corrected chi connectivity index (χ1v) is 7.57. The molecule has 1 aromatic carbocycles. The molecule has 0 fully saturated rings. The predicted molar refractivity (Wildman–Crippen MR) is 88.7 cm³/mol. The van der Waals surface area contributed by atoms with Gasteiger partial charge in [-0.1, -0.05) is 18.2 Å². The summed E-state index contributed by atoms with van der Waals surface area (Å²) in [7, 11) is 1.90. The van der Waals surface area contributed by atoms with Gasteiger partial charge in [0.15, 0.2) is 0 Å². The highest BCUT2D eigenvalue weighted by Gasteiger charge is 2.12. The molecule has 0 saturated heterocycles. The van der Waals surface area contributed by atoms with Crippen molar-refractivity contribution in [1.29, 1.82) is 0 Å². The number of carbonyl (C=O) groups excluding carboxylic acids is 1. The number of amides is 1. The Labute approximate surface area is 133 Å². The molecule has 110 valence electrons. The summed E-state index contributed by atoms with van der Waals surface area (Å²) in [5.41, 5.74) is 2.64. The lowest BCUT2D eigenvalue weighted by molar-refractivity contribution is 0.102.